The lowest BCUT2D eigenvalue weighted by Gasteiger charge is -2.05. The van der Waals surface area contributed by atoms with Crippen molar-refractivity contribution in [2.45, 2.75) is 6.54 Å². The number of rotatable bonds is 3. The molecule has 0 spiro atoms. The SMILES string of the molecule is NC(=O)O.NCc1ccc(Oc2ccccc2)cc1. The van der Waals surface area contributed by atoms with Crippen LogP contribution in [0.5, 0.6) is 11.5 Å². The van der Waals surface area contributed by atoms with Crippen molar-refractivity contribution in [3.63, 3.8) is 0 Å². The van der Waals surface area contributed by atoms with Crippen LogP contribution in [0, 0.1) is 0 Å². The molecule has 19 heavy (non-hydrogen) atoms. The number of hydrogen-bond donors (Lipinski definition) is 3. The molecule has 0 saturated heterocycles. The second-order valence-corrected chi connectivity index (χ2v) is 3.60. The Morgan fingerprint density at radius 3 is 1.95 bits per heavy atom. The maximum Gasteiger partial charge on any atom is 0.402 e. The summed E-state index contributed by atoms with van der Waals surface area (Å²) >= 11 is 0. The van der Waals surface area contributed by atoms with E-state index in [1.807, 2.05) is 54.6 Å². The van der Waals surface area contributed by atoms with E-state index in [1.165, 1.54) is 0 Å². The normalized spacial score (nSPS) is 9.11. The molecule has 2 aromatic carbocycles. The number of nitrogens with two attached hydrogens (primary N) is 2. The number of para-hydroxylation sites is 1. The van der Waals surface area contributed by atoms with E-state index in [0.717, 1.165) is 17.1 Å². The number of carboxylic acid groups (broad SMARTS) is 1. The largest absolute Gasteiger partial charge is 0.465 e. The summed E-state index contributed by atoms with van der Waals surface area (Å²) in [6, 6.07) is 17.5. The zero-order chi connectivity index (χ0) is 14.1. The molecule has 0 aliphatic heterocycles. The molecule has 0 unspecified atom stereocenters. The molecule has 0 saturated carbocycles. The Balaban J connectivity index is 0.000000399. The first-order valence-electron chi connectivity index (χ1n) is 5.62. The fourth-order valence-corrected chi connectivity index (χ4v) is 1.32. The number of hydrogen-bond acceptors (Lipinski definition) is 3. The van der Waals surface area contributed by atoms with Crippen molar-refractivity contribution in [2.75, 3.05) is 0 Å². The third-order valence-electron chi connectivity index (χ3n) is 2.14. The van der Waals surface area contributed by atoms with Gasteiger partial charge in [0.15, 0.2) is 0 Å². The van der Waals surface area contributed by atoms with Crippen LogP contribution in [0.3, 0.4) is 0 Å². The van der Waals surface area contributed by atoms with Crippen LogP contribution < -0.4 is 16.2 Å². The van der Waals surface area contributed by atoms with E-state index >= 15 is 0 Å². The van der Waals surface area contributed by atoms with Crippen LogP contribution in [0.2, 0.25) is 0 Å². The predicted octanol–water partition coefficient (Wildman–Crippen LogP) is 2.56. The topological polar surface area (TPSA) is 98.6 Å². The predicted molar refractivity (Wildman–Crippen MR) is 73.1 cm³/mol. The number of carbonyl (C=O) groups is 1. The first-order chi connectivity index (χ1) is 9.11. The van der Waals surface area contributed by atoms with E-state index in [1.54, 1.807) is 0 Å². The quantitative estimate of drug-likeness (QED) is 0.789. The maximum absolute atomic E-state index is 8.78. The molecule has 0 radical (unpaired) electrons. The molecule has 5 heteroatoms. The van der Waals surface area contributed by atoms with Gasteiger partial charge in [-0.2, -0.15) is 0 Å². The molecule has 0 aliphatic rings. The van der Waals surface area contributed by atoms with Crippen LogP contribution in [-0.4, -0.2) is 11.2 Å². The number of ether oxygens (including phenoxy) is 1. The Hall–Kier alpha value is -2.53. The smallest absolute Gasteiger partial charge is 0.402 e. The standard InChI is InChI=1S/C13H13NO.CH3NO2/c14-10-11-6-8-13(9-7-11)15-12-4-2-1-3-5-12;2-1(3)4/h1-9H,10,14H2;2H2,(H,3,4). The monoisotopic (exact) mass is 260 g/mol. The van der Waals surface area contributed by atoms with Gasteiger partial charge in [-0.1, -0.05) is 30.3 Å². The van der Waals surface area contributed by atoms with Crippen molar-refractivity contribution in [3.8, 4) is 11.5 Å². The molecule has 2 rings (SSSR count). The first kappa shape index (κ1) is 14.5. The van der Waals surface area contributed by atoms with Crippen LogP contribution in [0.15, 0.2) is 54.6 Å². The summed E-state index contributed by atoms with van der Waals surface area (Å²) in [6.45, 7) is 0.561. The Kier molecular flexibility index (Phi) is 5.91. The molecule has 5 nitrogen and oxygen atoms in total. The fourth-order valence-electron chi connectivity index (χ4n) is 1.32. The fraction of sp³-hybridized carbons (Fsp3) is 0.0714. The molecule has 100 valence electrons. The van der Waals surface area contributed by atoms with Crippen molar-refractivity contribution in [1.29, 1.82) is 0 Å². The van der Waals surface area contributed by atoms with Crippen LogP contribution in [0.25, 0.3) is 0 Å². The molecular weight excluding hydrogens is 244 g/mol. The van der Waals surface area contributed by atoms with Gasteiger partial charge in [0, 0.05) is 6.54 Å². The Morgan fingerprint density at radius 2 is 1.47 bits per heavy atom. The summed E-state index contributed by atoms with van der Waals surface area (Å²) in [5.41, 5.74) is 10.6. The lowest BCUT2D eigenvalue weighted by Crippen LogP contribution is -2.03. The average Bonchev–Trinajstić information content (AvgIpc) is 2.40. The first-order valence-corrected chi connectivity index (χ1v) is 5.62. The van der Waals surface area contributed by atoms with Gasteiger partial charge in [-0.25, -0.2) is 4.79 Å². The molecule has 0 bridgehead atoms. The zero-order valence-corrected chi connectivity index (χ0v) is 10.3. The van der Waals surface area contributed by atoms with Gasteiger partial charge in [-0.3, -0.25) is 0 Å². The minimum Gasteiger partial charge on any atom is -0.465 e. The van der Waals surface area contributed by atoms with Gasteiger partial charge in [0.1, 0.15) is 11.5 Å². The summed E-state index contributed by atoms with van der Waals surface area (Å²) in [5.74, 6) is 1.68. The number of primary amides is 1. The van der Waals surface area contributed by atoms with Crippen molar-refractivity contribution in [1.82, 2.24) is 0 Å². The van der Waals surface area contributed by atoms with E-state index in [-0.39, 0.29) is 0 Å². The summed E-state index contributed by atoms with van der Waals surface area (Å²) in [4.78, 5) is 8.78. The van der Waals surface area contributed by atoms with Crippen LogP contribution in [0.1, 0.15) is 5.56 Å². The van der Waals surface area contributed by atoms with E-state index in [9.17, 15) is 0 Å². The second kappa shape index (κ2) is 7.73. The van der Waals surface area contributed by atoms with Crippen LogP contribution in [-0.2, 0) is 6.54 Å². The van der Waals surface area contributed by atoms with Crippen molar-refractivity contribution in [3.05, 3.63) is 60.2 Å². The average molecular weight is 260 g/mol. The van der Waals surface area contributed by atoms with Crippen molar-refractivity contribution < 1.29 is 14.6 Å². The highest BCUT2D eigenvalue weighted by molar-refractivity contribution is 5.61. The third kappa shape index (κ3) is 6.09. The highest BCUT2D eigenvalue weighted by atomic mass is 16.5. The van der Waals surface area contributed by atoms with Crippen molar-refractivity contribution in [2.24, 2.45) is 11.5 Å². The molecule has 0 aromatic heterocycles. The summed E-state index contributed by atoms with van der Waals surface area (Å²) in [6.07, 6.45) is -1.33. The molecule has 0 aliphatic carbocycles. The van der Waals surface area contributed by atoms with Crippen molar-refractivity contribution >= 4 is 6.09 Å². The lowest BCUT2D eigenvalue weighted by atomic mass is 10.2. The molecule has 0 heterocycles. The molecule has 2 aromatic rings. The summed E-state index contributed by atoms with van der Waals surface area (Å²) in [7, 11) is 0. The minimum absolute atomic E-state index is 0.561. The highest BCUT2D eigenvalue weighted by Crippen LogP contribution is 2.20. The van der Waals surface area contributed by atoms with Gasteiger partial charge in [0.2, 0.25) is 0 Å². The van der Waals surface area contributed by atoms with E-state index in [0.29, 0.717) is 6.54 Å². The van der Waals surface area contributed by atoms with Gasteiger partial charge in [0.25, 0.3) is 0 Å². The van der Waals surface area contributed by atoms with E-state index in [4.69, 9.17) is 20.4 Å². The van der Waals surface area contributed by atoms with Gasteiger partial charge in [-0.05, 0) is 29.8 Å². The molecule has 5 N–H and O–H groups in total. The maximum atomic E-state index is 8.78. The second-order valence-electron chi connectivity index (χ2n) is 3.60. The van der Waals surface area contributed by atoms with Gasteiger partial charge >= 0.3 is 6.09 Å². The molecule has 1 amide bonds. The Morgan fingerprint density at radius 1 is 1.00 bits per heavy atom. The molecule has 0 fully saturated rings. The summed E-state index contributed by atoms with van der Waals surface area (Å²) in [5, 5.41) is 7.19. The number of benzene rings is 2. The Labute approximate surface area is 111 Å². The zero-order valence-electron chi connectivity index (χ0n) is 10.3. The van der Waals surface area contributed by atoms with Crippen LogP contribution >= 0.6 is 0 Å². The summed E-state index contributed by atoms with van der Waals surface area (Å²) < 4.78 is 5.64. The van der Waals surface area contributed by atoms with Gasteiger partial charge in [0.05, 0.1) is 0 Å². The third-order valence-corrected chi connectivity index (χ3v) is 2.14. The van der Waals surface area contributed by atoms with Crippen LogP contribution in [0.4, 0.5) is 4.79 Å². The minimum atomic E-state index is -1.33. The Bertz CT molecular complexity index is 494. The van der Waals surface area contributed by atoms with E-state index in [2.05, 4.69) is 5.73 Å². The van der Waals surface area contributed by atoms with Gasteiger partial charge < -0.3 is 21.3 Å². The lowest BCUT2D eigenvalue weighted by molar-refractivity contribution is 0.205. The molecular formula is C14H16N2O3. The van der Waals surface area contributed by atoms with Gasteiger partial charge in [-0.15, -0.1) is 0 Å². The highest BCUT2D eigenvalue weighted by Gasteiger charge is 1.95. The van der Waals surface area contributed by atoms with E-state index < -0.39 is 6.09 Å². The molecule has 0 atom stereocenters. The number of amides is 1.